The van der Waals surface area contributed by atoms with Crippen molar-refractivity contribution in [1.29, 1.82) is 0 Å². The maximum atomic E-state index is 12.6. The Kier molecular flexibility index (Phi) is 7.45. The molecule has 0 bridgehead atoms. The number of anilines is 1. The Balaban J connectivity index is 2.02. The summed E-state index contributed by atoms with van der Waals surface area (Å²) < 4.78 is 0. The summed E-state index contributed by atoms with van der Waals surface area (Å²) in [7, 11) is 0. The minimum absolute atomic E-state index is 0.00785. The number of benzene rings is 1. The molecule has 1 aliphatic rings. The molecule has 0 aromatic heterocycles. The summed E-state index contributed by atoms with van der Waals surface area (Å²) in [6, 6.07) is 6.99. The Labute approximate surface area is 159 Å². The third-order valence-corrected chi connectivity index (χ3v) is 4.57. The predicted octanol–water partition coefficient (Wildman–Crippen LogP) is 2.90. The molecule has 0 unspecified atom stereocenters. The third-order valence-electron chi connectivity index (χ3n) is 4.34. The lowest BCUT2D eigenvalue weighted by Crippen LogP contribution is -2.43. The number of rotatable bonds is 8. The monoisotopic (exact) mass is 379 g/mol. The van der Waals surface area contributed by atoms with Crippen molar-refractivity contribution in [3.63, 3.8) is 0 Å². The van der Waals surface area contributed by atoms with E-state index in [0.29, 0.717) is 23.7 Å². The van der Waals surface area contributed by atoms with Crippen LogP contribution in [0.4, 0.5) is 5.69 Å². The Morgan fingerprint density at radius 3 is 2.65 bits per heavy atom. The lowest BCUT2D eigenvalue weighted by molar-refractivity contribution is -0.140. The van der Waals surface area contributed by atoms with Crippen LogP contribution in [0.5, 0.6) is 0 Å². The zero-order valence-electron chi connectivity index (χ0n) is 15.4. The summed E-state index contributed by atoms with van der Waals surface area (Å²) in [4.78, 5) is 41.8. The van der Waals surface area contributed by atoms with Gasteiger partial charge in [0.25, 0.3) is 0 Å². The zero-order valence-corrected chi connectivity index (χ0v) is 16.2. The Bertz CT molecular complexity index is 665. The van der Waals surface area contributed by atoms with Crippen molar-refractivity contribution in [2.45, 2.75) is 39.5 Å². The Morgan fingerprint density at radius 2 is 2.00 bits per heavy atom. The number of halogens is 1. The van der Waals surface area contributed by atoms with E-state index in [2.05, 4.69) is 0 Å². The van der Waals surface area contributed by atoms with Gasteiger partial charge in [-0.15, -0.1) is 0 Å². The molecule has 1 heterocycles. The summed E-state index contributed by atoms with van der Waals surface area (Å²) in [5.41, 5.74) is 0.669. The van der Waals surface area contributed by atoms with E-state index in [4.69, 9.17) is 11.6 Å². The van der Waals surface area contributed by atoms with E-state index in [1.165, 1.54) is 9.80 Å². The van der Waals surface area contributed by atoms with Gasteiger partial charge in [-0.1, -0.05) is 37.9 Å². The Morgan fingerprint density at radius 1 is 1.23 bits per heavy atom. The second-order valence-electron chi connectivity index (χ2n) is 6.45. The van der Waals surface area contributed by atoms with E-state index in [0.717, 1.165) is 19.3 Å². The van der Waals surface area contributed by atoms with Crippen LogP contribution in [0.3, 0.4) is 0 Å². The molecule has 26 heavy (non-hydrogen) atoms. The summed E-state index contributed by atoms with van der Waals surface area (Å²) in [6.07, 6.45) is 3.00. The number of hydrogen-bond acceptors (Lipinski definition) is 3. The van der Waals surface area contributed by atoms with Gasteiger partial charge in [-0.05, 0) is 31.0 Å². The van der Waals surface area contributed by atoms with E-state index in [9.17, 15) is 14.4 Å². The molecule has 6 nitrogen and oxygen atoms in total. The lowest BCUT2D eigenvalue weighted by atomic mass is 10.2. The quantitative estimate of drug-likeness (QED) is 0.697. The molecule has 2 rings (SSSR count). The van der Waals surface area contributed by atoms with Crippen molar-refractivity contribution in [3.05, 3.63) is 29.3 Å². The zero-order chi connectivity index (χ0) is 19.1. The maximum absolute atomic E-state index is 12.6. The van der Waals surface area contributed by atoms with Gasteiger partial charge in [0.1, 0.15) is 13.2 Å². The van der Waals surface area contributed by atoms with Gasteiger partial charge in [-0.2, -0.15) is 0 Å². The van der Waals surface area contributed by atoms with Crippen molar-refractivity contribution in [1.82, 2.24) is 9.80 Å². The number of amides is 3. The van der Waals surface area contributed by atoms with Crippen LogP contribution in [-0.4, -0.2) is 53.8 Å². The summed E-state index contributed by atoms with van der Waals surface area (Å²) in [5, 5.41) is 0.538. The highest BCUT2D eigenvalue weighted by Gasteiger charge is 2.32. The van der Waals surface area contributed by atoms with Gasteiger partial charge < -0.3 is 9.80 Å². The highest BCUT2D eigenvalue weighted by Crippen LogP contribution is 2.23. The summed E-state index contributed by atoms with van der Waals surface area (Å²) in [5.74, 6) is -0.365. The number of hydrogen-bond donors (Lipinski definition) is 0. The molecule has 0 aliphatic carbocycles. The molecule has 0 spiro atoms. The normalized spacial score (nSPS) is 14.0. The van der Waals surface area contributed by atoms with Crippen LogP contribution in [-0.2, 0) is 14.4 Å². The molecular formula is C19H26ClN3O3. The summed E-state index contributed by atoms with van der Waals surface area (Å²) in [6.45, 7) is 4.79. The third kappa shape index (κ3) is 5.21. The fraction of sp³-hybridized carbons (Fsp3) is 0.526. The van der Waals surface area contributed by atoms with Gasteiger partial charge in [-0.3, -0.25) is 19.3 Å². The minimum Gasteiger partial charge on any atom is -0.333 e. The first-order chi connectivity index (χ1) is 12.5. The molecule has 0 atom stereocenters. The van der Waals surface area contributed by atoms with Gasteiger partial charge in [0.2, 0.25) is 17.7 Å². The largest absolute Gasteiger partial charge is 0.333 e. The van der Waals surface area contributed by atoms with Crippen molar-refractivity contribution in [3.8, 4) is 0 Å². The van der Waals surface area contributed by atoms with Crippen LogP contribution >= 0.6 is 11.6 Å². The fourth-order valence-electron chi connectivity index (χ4n) is 2.86. The van der Waals surface area contributed by atoms with Gasteiger partial charge in [0, 0.05) is 23.7 Å². The van der Waals surface area contributed by atoms with Crippen LogP contribution in [0.1, 0.15) is 39.5 Å². The van der Waals surface area contributed by atoms with E-state index in [1.807, 2.05) is 13.8 Å². The molecule has 0 N–H and O–H groups in total. The molecule has 1 aromatic carbocycles. The van der Waals surface area contributed by atoms with Gasteiger partial charge in [0.15, 0.2) is 0 Å². The van der Waals surface area contributed by atoms with Gasteiger partial charge in [-0.25, -0.2) is 0 Å². The van der Waals surface area contributed by atoms with E-state index >= 15 is 0 Å². The highest BCUT2D eigenvalue weighted by atomic mass is 35.5. The molecule has 0 saturated carbocycles. The molecule has 1 aliphatic heterocycles. The van der Waals surface area contributed by atoms with Crippen LogP contribution in [0, 0.1) is 0 Å². The molecule has 0 radical (unpaired) electrons. The lowest BCUT2D eigenvalue weighted by Gasteiger charge is -2.25. The van der Waals surface area contributed by atoms with Crippen molar-refractivity contribution < 1.29 is 14.4 Å². The SMILES string of the molecule is CCCCN(CC(=O)N1CC(=O)N(c2cccc(Cl)c2)C1)C(=O)CCC. The van der Waals surface area contributed by atoms with E-state index in [1.54, 1.807) is 29.2 Å². The topological polar surface area (TPSA) is 60.9 Å². The average Bonchev–Trinajstić information content (AvgIpc) is 3.00. The van der Waals surface area contributed by atoms with Crippen LogP contribution in [0.25, 0.3) is 0 Å². The molecule has 1 fully saturated rings. The molecule has 1 saturated heterocycles. The average molecular weight is 380 g/mol. The first kappa shape index (κ1) is 20.2. The van der Waals surface area contributed by atoms with Gasteiger partial charge in [0.05, 0.1) is 6.54 Å². The molecule has 3 amide bonds. The number of nitrogens with zero attached hydrogens (tertiary/aromatic N) is 3. The smallest absolute Gasteiger partial charge is 0.248 e. The predicted molar refractivity (Wildman–Crippen MR) is 102 cm³/mol. The first-order valence-electron chi connectivity index (χ1n) is 9.07. The van der Waals surface area contributed by atoms with Crippen molar-refractivity contribution in [2.75, 3.05) is 31.2 Å². The Hall–Kier alpha value is -2.08. The minimum atomic E-state index is -0.205. The summed E-state index contributed by atoms with van der Waals surface area (Å²) >= 11 is 5.99. The first-order valence-corrected chi connectivity index (χ1v) is 9.45. The van der Waals surface area contributed by atoms with E-state index < -0.39 is 0 Å². The highest BCUT2D eigenvalue weighted by molar-refractivity contribution is 6.31. The van der Waals surface area contributed by atoms with Crippen LogP contribution < -0.4 is 4.90 Å². The van der Waals surface area contributed by atoms with Crippen LogP contribution in [0.2, 0.25) is 5.02 Å². The molecular weight excluding hydrogens is 354 g/mol. The number of carbonyl (C=O) groups excluding carboxylic acids is 3. The number of carbonyl (C=O) groups is 3. The van der Waals surface area contributed by atoms with E-state index in [-0.39, 0.29) is 37.5 Å². The van der Waals surface area contributed by atoms with Crippen molar-refractivity contribution >= 4 is 35.0 Å². The molecule has 7 heteroatoms. The molecule has 142 valence electrons. The van der Waals surface area contributed by atoms with Gasteiger partial charge >= 0.3 is 0 Å². The number of unbranched alkanes of at least 4 members (excludes halogenated alkanes) is 1. The standard InChI is InChI=1S/C19H26ClN3O3/c1-3-5-10-21(17(24)7-4-2)12-18(25)22-13-19(26)23(14-22)16-9-6-8-15(20)11-16/h6,8-9,11H,3-5,7,10,12-14H2,1-2H3. The second-order valence-corrected chi connectivity index (χ2v) is 6.89. The molecule has 1 aromatic rings. The second kappa shape index (κ2) is 9.57. The maximum Gasteiger partial charge on any atom is 0.248 e. The van der Waals surface area contributed by atoms with Crippen molar-refractivity contribution in [2.24, 2.45) is 0 Å². The fourth-order valence-corrected chi connectivity index (χ4v) is 3.05. The van der Waals surface area contributed by atoms with Crippen LogP contribution in [0.15, 0.2) is 24.3 Å².